The number of allylic oxidation sites excluding steroid dienone is 12. The molecule has 0 aromatic carbocycles. The van der Waals surface area contributed by atoms with Gasteiger partial charge in [-0.1, -0.05) is 254 Å². The SMILES string of the molecule is CC/C=C\C/C=C\C/C=C\C/C=C\CCCCCCCCCCCCCCCCCCCCCCCCCCC(=O)OC(CO)COC(=O)CCCCCCC/C=C\C/C=C\CCC. The van der Waals surface area contributed by atoms with Crippen molar-refractivity contribution in [1.82, 2.24) is 0 Å². The molecule has 0 aliphatic heterocycles. The topological polar surface area (TPSA) is 72.8 Å². The first-order chi connectivity index (χ1) is 31.6. The van der Waals surface area contributed by atoms with Gasteiger partial charge in [0, 0.05) is 12.8 Å². The molecule has 0 saturated carbocycles. The average molecular weight is 893 g/mol. The number of carbonyl (C=O) groups excluding carboxylic acids is 2. The summed E-state index contributed by atoms with van der Waals surface area (Å²) in [4.78, 5) is 24.4. The standard InChI is InChI=1S/C59H104O5/c1-3-5-7-9-11-13-15-17-18-19-20-21-22-23-24-25-26-27-28-29-30-31-32-33-34-35-36-37-38-39-40-42-44-46-48-50-52-54-59(62)64-57(55-60)56-63-58(61)53-51-49-47-45-43-41-16-14-12-10-8-6-4-2/h5,7-8,10-11,13-14,16-18,20-21,57,60H,3-4,6,9,12,15,19,22-56H2,1-2H3/b7-5-,10-8-,13-11-,16-14-,18-17-,21-20-. The monoisotopic (exact) mass is 893 g/mol. The molecule has 0 rings (SSSR count). The van der Waals surface area contributed by atoms with Crippen molar-refractivity contribution in [3.05, 3.63) is 72.9 Å². The summed E-state index contributed by atoms with van der Waals surface area (Å²) in [7, 11) is 0. The van der Waals surface area contributed by atoms with Crippen molar-refractivity contribution < 1.29 is 24.2 Å². The van der Waals surface area contributed by atoms with Crippen molar-refractivity contribution in [2.24, 2.45) is 0 Å². The van der Waals surface area contributed by atoms with E-state index in [1.165, 1.54) is 161 Å². The average Bonchev–Trinajstić information content (AvgIpc) is 3.30. The van der Waals surface area contributed by atoms with Crippen LogP contribution in [0.2, 0.25) is 0 Å². The van der Waals surface area contributed by atoms with Crippen molar-refractivity contribution in [1.29, 1.82) is 0 Å². The number of rotatable bonds is 50. The lowest BCUT2D eigenvalue weighted by Gasteiger charge is -2.15. The number of carbonyl (C=O) groups is 2. The molecule has 0 fully saturated rings. The minimum Gasteiger partial charge on any atom is -0.462 e. The number of unbranched alkanes of at least 4 members (excludes halogenated alkanes) is 30. The fourth-order valence-corrected chi connectivity index (χ4v) is 7.88. The molecule has 0 bridgehead atoms. The predicted octanol–water partition coefficient (Wildman–Crippen LogP) is 18.4. The van der Waals surface area contributed by atoms with Crippen LogP contribution in [0.5, 0.6) is 0 Å². The van der Waals surface area contributed by atoms with Gasteiger partial charge >= 0.3 is 11.9 Å². The van der Waals surface area contributed by atoms with E-state index in [0.717, 1.165) is 83.5 Å². The lowest BCUT2D eigenvalue weighted by atomic mass is 10.0. The Kier molecular flexibility index (Phi) is 52.4. The zero-order chi connectivity index (χ0) is 46.3. The number of hydrogen-bond acceptors (Lipinski definition) is 5. The number of ether oxygens (including phenoxy) is 2. The molecule has 0 heterocycles. The van der Waals surface area contributed by atoms with E-state index in [1.54, 1.807) is 0 Å². The van der Waals surface area contributed by atoms with Gasteiger partial charge in [-0.15, -0.1) is 0 Å². The highest BCUT2D eigenvalue weighted by Gasteiger charge is 2.16. The van der Waals surface area contributed by atoms with Crippen molar-refractivity contribution in [3.63, 3.8) is 0 Å². The summed E-state index contributed by atoms with van der Waals surface area (Å²) in [5.74, 6) is -0.600. The van der Waals surface area contributed by atoms with Gasteiger partial charge in [-0.25, -0.2) is 0 Å². The molecule has 0 radical (unpaired) electrons. The Hall–Kier alpha value is -2.66. The molecule has 0 saturated heterocycles. The van der Waals surface area contributed by atoms with E-state index in [-0.39, 0.29) is 25.2 Å². The van der Waals surface area contributed by atoms with E-state index in [1.807, 2.05) is 0 Å². The maximum atomic E-state index is 12.3. The fraction of sp³-hybridized carbons (Fsp3) is 0.763. The van der Waals surface area contributed by atoms with Gasteiger partial charge in [-0.05, 0) is 77.0 Å². The molecule has 0 aliphatic carbocycles. The van der Waals surface area contributed by atoms with Gasteiger partial charge in [0.05, 0.1) is 6.61 Å². The molecule has 1 N–H and O–H groups in total. The van der Waals surface area contributed by atoms with Crippen LogP contribution < -0.4 is 0 Å². The molecule has 370 valence electrons. The van der Waals surface area contributed by atoms with E-state index in [9.17, 15) is 14.7 Å². The van der Waals surface area contributed by atoms with Crippen LogP contribution >= 0.6 is 0 Å². The van der Waals surface area contributed by atoms with Crippen molar-refractivity contribution in [2.45, 2.75) is 277 Å². The van der Waals surface area contributed by atoms with Crippen LogP contribution in [0.4, 0.5) is 0 Å². The Morgan fingerprint density at radius 3 is 1.02 bits per heavy atom. The third-order valence-electron chi connectivity index (χ3n) is 12.0. The lowest BCUT2D eigenvalue weighted by molar-refractivity contribution is -0.161. The first kappa shape index (κ1) is 61.3. The Labute approximate surface area is 397 Å². The first-order valence-electron chi connectivity index (χ1n) is 27.5. The molecule has 0 aromatic rings. The largest absolute Gasteiger partial charge is 0.462 e. The van der Waals surface area contributed by atoms with Crippen LogP contribution in [0.3, 0.4) is 0 Å². The van der Waals surface area contributed by atoms with Crippen LogP contribution in [0, 0.1) is 0 Å². The Bertz CT molecular complexity index is 1150. The summed E-state index contributed by atoms with van der Waals surface area (Å²) in [5, 5.41) is 9.61. The van der Waals surface area contributed by atoms with Gasteiger partial charge in [0.25, 0.3) is 0 Å². The molecule has 64 heavy (non-hydrogen) atoms. The second kappa shape index (κ2) is 54.7. The normalized spacial score (nSPS) is 12.7. The van der Waals surface area contributed by atoms with Crippen molar-refractivity contribution in [2.75, 3.05) is 13.2 Å². The molecule has 1 unspecified atom stereocenters. The number of aliphatic hydroxyl groups is 1. The zero-order valence-electron chi connectivity index (χ0n) is 42.3. The lowest BCUT2D eigenvalue weighted by Crippen LogP contribution is -2.28. The van der Waals surface area contributed by atoms with Crippen LogP contribution in [-0.2, 0) is 19.1 Å². The summed E-state index contributed by atoms with van der Waals surface area (Å²) in [6.07, 6.45) is 74.6. The second-order valence-electron chi connectivity index (χ2n) is 18.3. The third kappa shape index (κ3) is 52.0. The minimum absolute atomic E-state index is 0.0719. The number of hydrogen-bond donors (Lipinski definition) is 1. The Morgan fingerprint density at radius 1 is 0.375 bits per heavy atom. The van der Waals surface area contributed by atoms with E-state index in [2.05, 4.69) is 86.8 Å². The van der Waals surface area contributed by atoms with Gasteiger partial charge in [-0.2, -0.15) is 0 Å². The van der Waals surface area contributed by atoms with E-state index in [0.29, 0.717) is 12.8 Å². The zero-order valence-corrected chi connectivity index (χ0v) is 42.3. The highest BCUT2D eigenvalue weighted by molar-refractivity contribution is 5.70. The maximum absolute atomic E-state index is 12.3. The summed E-state index contributed by atoms with van der Waals surface area (Å²) in [6, 6.07) is 0. The summed E-state index contributed by atoms with van der Waals surface area (Å²) < 4.78 is 10.7. The predicted molar refractivity (Wildman–Crippen MR) is 279 cm³/mol. The summed E-state index contributed by atoms with van der Waals surface area (Å²) >= 11 is 0. The molecule has 1 atom stereocenters. The second-order valence-corrected chi connectivity index (χ2v) is 18.3. The van der Waals surface area contributed by atoms with Crippen LogP contribution in [0.1, 0.15) is 271 Å². The molecule has 0 aromatic heterocycles. The summed E-state index contributed by atoms with van der Waals surface area (Å²) in [6.45, 7) is 3.96. The number of aliphatic hydroxyl groups excluding tert-OH is 1. The fourth-order valence-electron chi connectivity index (χ4n) is 7.88. The Morgan fingerprint density at radius 2 is 0.672 bits per heavy atom. The van der Waals surface area contributed by atoms with Crippen LogP contribution in [-0.4, -0.2) is 36.4 Å². The molecule has 0 spiro atoms. The van der Waals surface area contributed by atoms with Gasteiger partial charge in [0.2, 0.25) is 0 Å². The maximum Gasteiger partial charge on any atom is 0.306 e. The van der Waals surface area contributed by atoms with E-state index in [4.69, 9.17) is 9.47 Å². The molecule has 0 amide bonds. The van der Waals surface area contributed by atoms with Crippen LogP contribution in [0.25, 0.3) is 0 Å². The van der Waals surface area contributed by atoms with E-state index >= 15 is 0 Å². The van der Waals surface area contributed by atoms with E-state index < -0.39 is 6.10 Å². The molecular formula is C59H104O5. The minimum atomic E-state index is -0.777. The van der Waals surface area contributed by atoms with Crippen molar-refractivity contribution in [3.8, 4) is 0 Å². The van der Waals surface area contributed by atoms with Crippen LogP contribution in [0.15, 0.2) is 72.9 Å². The molecule has 5 heteroatoms. The highest BCUT2D eigenvalue weighted by Crippen LogP contribution is 2.17. The molecule has 5 nitrogen and oxygen atoms in total. The quantitative estimate of drug-likeness (QED) is 0.0374. The number of esters is 2. The van der Waals surface area contributed by atoms with Gasteiger partial charge < -0.3 is 14.6 Å². The smallest absolute Gasteiger partial charge is 0.306 e. The first-order valence-corrected chi connectivity index (χ1v) is 27.5. The van der Waals surface area contributed by atoms with Crippen molar-refractivity contribution >= 4 is 11.9 Å². The van der Waals surface area contributed by atoms with Gasteiger partial charge in [-0.3, -0.25) is 9.59 Å². The molecular weight excluding hydrogens is 789 g/mol. The molecule has 0 aliphatic rings. The third-order valence-corrected chi connectivity index (χ3v) is 12.0. The highest BCUT2D eigenvalue weighted by atomic mass is 16.6. The summed E-state index contributed by atoms with van der Waals surface area (Å²) in [5.41, 5.74) is 0. The van der Waals surface area contributed by atoms with Gasteiger partial charge in [0.15, 0.2) is 6.10 Å². The van der Waals surface area contributed by atoms with Gasteiger partial charge in [0.1, 0.15) is 6.61 Å². The Balaban J connectivity index is 3.40.